The van der Waals surface area contributed by atoms with Gasteiger partial charge >= 0.3 is 0 Å². The van der Waals surface area contributed by atoms with Crippen LogP contribution in [-0.4, -0.2) is 38.9 Å². The number of nitrogens with zero attached hydrogens (tertiary/aromatic N) is 2. The average molecular weight is 305 g/mol. The van der Waals surface area contributed by atoms with Crippen LogP contribution >= 0.6 is 0 Å². The van der Waals surface area contributed by atoms with Crippen LogP contribution < -0.4 is 5.32 Å². The van der Waals surface area contributed by atoms with Gasteiger partial charge in [-0.1, -0.05) is 12.1 Å². The van der Waals surface area contributed by atoms with Gasteiger partial charge in [0.25, 0.3) is 0 Å². The van der Waals surface area contributed by atoms with Crippen molar-refractivity contribution in [2.45, 2.75) is 24.2 Å². The predicted octanol–water partition coefficient (Wildman–Crippen LogP) is 1.32. The van der Waals surface area contributed by atoms with Crippen molar-refractivity contribution in [3.05, 3.63) is 29.8 Å². The lowest BCUT2D eigenvalue weighted by atomic mass is 9.80. The van der Waals surface area contributed by atoms with Crippen LogP contribution in [0.3, 0.4) is 0 Å². The number of piperidine rings is 1. The van der Waals surface area contributed by atoms with Crippen molar-refractivity contribution in [1.29, 1.82) is 5.26 Å². The molecule has 6 heteroatoms. The maximum absolute atomic E-state index is 12.9. The molecule has 2 saturated heterocycles. The average Bonchev–Trinajstić information content (AvgIpc) is 2.95. The van der Waals surface area contributed by atoms with Crippen LogP contribution in [0.1, 0.15) is 24.8 Å². The molecule has 0 bridgehead atoms. The Labute approximate surface area is 125 Å². The zero-order chi connectivity index (χ0) is 14.9. The van der Waals surface area contributed by atoms with Gasteiger partial charge in [0.1, 0.15) is 6.07 Å². The van der Waals surface area contributed by atoms with E-state index in [-0.39, 0.29) is 15.9 Å². The number of sulfonamides is 1. The third kappa shape index (κ3) is 2.57. The van der Waals surface area contributed by atoms with Crippen molar-refractivity contribution in [2.24, 2.45) is 5.41 Å². The molecule has 1 unspecified atom stereocenters. The second kappa shape index (κ2) is 5.41. The van der Waals surface area contributed by atoms with Crippen LogP contribution in [0.25, 0.3) is 0 Å². The summed E-state index contributed by atoms with van der Waals surface area (Å²) in [5.41, 5.74) is 0.300. The lowest BCUT2D eigenvalue weighted by molar-refractivity contribution is 0.166. The summed E-state index contributed by atoms with van der Waals surface area (Å²) in [7, 11) is -3.59. The van der Waals surface area contributed by atoms with E-state index in [0.29, 0.717) is 13.1 Å². The summed E-state index contributed by atoms with van der Waals surface area (Å²) < 4.78 is 27.3. The smallest absolute Gasteiger partial charge is 0.244 e. The Morgan fingerprint density at radius 1 is 1.29 bits per heavy atom. The normalized spacial score (nSPS) is 26.8. The highest BCUT2D eigenvalue weighted by atomic mass is 32.2. The molecule has 1 atom stereocenters. The Kier molecular flexibility index (Phi) is 3.74. The van der Waals surface area contributed by atoms with E-state index in [1.165, 1.54) is 6.07 Å². The Hall–Kier alpha value is -1.42. The summed E-state index contributed by atoms with van der Waals surface area (Å²) in [6.45, 7) is 2.95. The Morgan fingerprint density at radius 2 is 2.10 bits per heavy atom. The summed E-state index contributed by atoms with van der Waals surface area (Å²) in [6.07, 6.45) is 2.99. The van der Waals surface area contributed by atoms with E-state index >= 15 is 0 Å². The van der Waals surface area contributed by atoms with E-state index in [2.05, 4.69) is 5.32 Å². The van der Waals surface area contributed by atoms with Gasteiger partial charge in [0.15, 0.2) is 0 Å². The number of hydrogen-bond acceptors (Lipinski definition) is 4. The van der Waals surface area contributed by atoms with E-state index in [0.717, 1.165) is 32.4 Å². The molecule has 2 aliphatic rings. The molecule has 2 fully saturated rings. The SMILES string of the molecule is N#Cc1ccccc1S(=O)(=O)N1CCCC2(CCNC2)C1. The third-order valence-corrected chi connectivity index (χ3v) is 6.49. The standard InChI is InChI=1S/C15H19N3O2S/c16-10-13-4-1-2-5-14(13)21(19,20)18-9-3-6-15(12-18)7-8-17-11-15/h1-2,4-5,17H,3,6-9,11-12H2. The van der Waals surface area contributed by atoms with Gasteiger partial charge in [-0.15, -0.1) is 0 Å². The van der Waals surface area contributed by atoms with Crippen molar-refractivity contribution in [3.63, 3.8) is 0 Å². The van der Waals surface area contributed by atoms with Gasteiger partial charge in [0.05, 0.1) is 10.5 Å². The second-order valence-corrected chi connectivity index (χ2v) is 7.88. The predicted molar refractivity (Wildman–Crippen MR) is 79.1 cm³/mol. The van der Waals surface area contributed by atoms with Gasteiger partial charge in [0.2, 0.25) is 10.0 Å². The van der Waals surface area contributed by atoms with E-state index in [1.54, 1.807) is 22.5 Å². The molecule has 1 spiro atoms. The van der Waals surface area contributed by atoms with E-state index in [9.17, 15) is 8.42 Å². The van der Waals surface area contributed by atoms with Gasteiger partial charge in [-0.05, 0) is 43.4 Å². The molecule has 112 valence electrons. The molecule has 0 saturated carbocycles. The molecule has 0 aliphatic carbocycles. The Balaban J connectivity index is 1.93. The summed E-state index contributed by atoms with van der Waals surface area (Å²) in [5, 5.41) is 12.5. The van der Waals surface area contributed by atoms with Crippen LogP contribution in [-0.2, 0) is 10.0 Å². The summed E-state index contributed by atoms with van der Waals surface area (Å²) in [4.78, 5) is 0.135. The van der Waals surface area contributed by atoms with Gasteiger partial charge in [-0.25, -0.2) is 8.42 Å². The molecule has 1 aromatic rings. The first-order valence-electron chi connectivity index (χ1n) is 7.27. The lowest BCUT2D eigenvalue weighted by Gasteiger charge is -2.39. The number of rotatable bonds is 2. The molecule has 0 amide bonds. The van der Waals surface area contributed by atoms with Crippen molar-refractivity contribution >= 4 is 10.0 Å². The summed E-state index contributed by atoms with van der Waals surface area (Å²) in [6, 6.07) is 8.43. The molecule has 0 radical (unpaired) electrons. The molecular weight excluding hydrogens is 286 g/mol. The van der Waals surface area contributed by atoms with E-state index in [4.69, 9.17) is 5.26 Å². The highest BCUT2D eigenvalue weighted by Crippen LogP contribution is 2.37. The van der Waals surface area contributed by atoms with Crippen LogP contribution in [0, 0.1) is 16.7 Å². The fourth-order valence-corrected chi connectivity index (χ4v) is 5.17. The number of benzene rings is 1. The minimum Gasteiger partial charge on any atom is -0.316 e. The number of nitrogens with one attached hydrogen (secondary N) is 1. The van der Waals surface area contributed by atoms with Crippen LogP contribution in [0.5, 0.6) is 0 Å². The Morgan fingerprint density at radius 3 is 2.81 bits per heavy atom. The summed E-state index contributed by atoms with van der Waals surface area (Å²) in [5.74, 6) is 0. The number of hydrogen-bond donors (Lipinski definition) is 1. The Bertz CT molecular complexity index is 672. The minimum atomic E-state index is -3.59. The lowest BCUT2D eigenvalue weighted by Crippen LogP contribution is -2.47. The maximum Gasteiger partial charge on any atom is 0.244 e. The number of nitriles is 1. The van der Waals surface area contributed by atoms with E-state index < -0.39 is 10.0 Å². The topological polar surface area (TPSA) is 73.2 Å². The van der Waals surface area contributed by atoms with Crippen molar-refractivity contribution in [3.8, 4) is 6.07 Å². The highest BCUT2D eigenvalue weighted by Gasteiger charge is 2.42. The highest BCUT2D eigenvalue weighted by molar-refractivity contribution is 7.89. The first kappa shape index (κ1) is 14.5. The van der Waals surface area contributed by atoms with Crippen LogP contribution in [0.2, 0.25) is 0 Å². The second-order valence-electron chi connectivity index (χ2n) is 5.98. The fourth-order valence-electron chi connectivity index (χ4n) is 3.43. The molecule has 0 aromatic heterocycles. The van der Waals surface area contributed by atoms with Crippen LogP contribution in [0.15, 0.2) is 29.2 Å². The largest absolute Gasteiger partial charge is 0.316 e. The fraction of sp³-hybridized carbons (Fsp3) is 0.533. The molecule has 2 aliphatic heterocycles. The first-order chi connectivity index (χ1) is 10.1. The molecule has 2 heterocycles. The molecular formula is C15H19N3O2S. The minimum absolute atomic E-state index is 0.0763. The maximum atomic E-state index is 12.9. The van der Waals surface area contributed by atoms with Gasteiger partial charge in [-0.2, -0.15) is 9.57 Å². The zero-order valence-corrected chi connectivity index (χ0v) is 12.7. The van der Waals surface area contributed by atoms with Crippen molar-refractivity contribution in [2.75, 3.05) is 26.2 Å². The van der Waals surface area contributed by atoms with Crippen LogP contribution in [0.4, 0.5) is 0 Å². The van der Waals surface area contributed by atoms with Gasteiger partial charge in [0, 0.05) is 19.6 Å². The van der Waals surface area contributed by atoms with Crippen molar-refractivity contribution < 1.29 is 8.42 Å². The molecule has 5 nitrogen and oxygen atoms in total. The quantitative estimate of drug-likeness (QED) is 0.894. The van der Waals surface area contributed by atoms with Crippen molar-refractivity contribution in [1.82, 2.24) is 9.62 Å². The first-order valence-corrected chi connectivity index (χ1v) is 8.71. The summed E-state index contributed by atoms with van der Waals surface area (Å²) >= 11 is 0. The van der Waals surface area contributed by atoms with E-state index in [1.807, 2.05) is 6.07 Å². The molecule has 1 aromatic carbocycles. The monoisotopic (exact) mass is 305 g/mol. The molecule has 3 rings (SSSR count). The van der Waals surface area contributed by atoms with Gasteiger partial charge in [-0.3, -0.25) is 0 Å². The molecule has 21 heavy (non-hydrogen) atoms. The molecule has 1 N–H and O–H groups in total. The van der Waals surface area contributed by atoms with Gasteiger partial charge < -0.3 is 5.32 Å². The third-order valence-electron chi connectivity index (χ3n) is 4.58. The zero-order valence-electron chi connectivity index (χ0n) is 11.9.